The van der Waals surface area contributed by atoms with Gasteiger partial charge in [0.1, 0.15) is 35.6 Å². The van der Waals surface area contributed by atoms with Gasteiger partial charge in [-0.25, -0.2) is 14.4 Å². The fourth-order valence-electron chi connectivity index (χ4n) is 2.44. The number of halogens is 1. The summed E-state index contributed by atoms with van der Waals surface area (Å²) in [6.07, 6.45) is 4.73. The van der Waals surface area contributed by atoms with E-state index < -0.39 is 0 Å². The Bertz CT molecular complexity index is 862. The molecule has 3 N–H and O–H groups in total. The van der Waals surface area contributed by atoms with Crippen LogP contribution in [0.25, 0.3) is 0 Å². The van der Waals surface area contributed by atoms with Crippen molar-refractivity contribution < 1.29 is 14.2 Å². The summed E-state index contributed by atoms with van der Waals surface area (Å²) in [4.78, 5) is 12.7. The van der Waals surface area contributed by atoms with E-state index in [1.807, 2.05) is 6.92 Å². The molecule has 2 aromatic heterocycles. The Morgan fingerprint density at radius 2 is 1.89 bits per heavy atom. The summed E-state index contributed by atoms with van der Waals surface area (Å²) in [7, 11) is 0. The Morgan fingerprint density at radius 1 is 1.11 bits per heavy atom. The maximum Gasteiger partial charge on any atom is 0.150 e. The third-order valence-corrected chi connectivity index (χ3v) is 3.71. The van der Waals surface area contributed by atoms with Crippen LogP contribution >= 0.6 is 0 Å². The van der Waals surface area contributed by atoms with Crippen molar-refractivity contribution in [1.29, 1.82) is 0 Å². The summed E-state index contributed by atoms with van der Waals surface area (Å²) in [5.74, 6) is 1.88. The van der Waals surface area contributed by atoms with Gasteiger partial charge < -0.3 is 20.5 Å². The third-order valence-electron chi connectivity index (χ3n) is 3.71. The zero-order valence-corrected chi connectivity index (χ0v) is 14.8. The number of aliphatic hydroxyl groups is 1. The molecule has 0 spiro atoms. The van der Waals surface area contributed by atoms with E-state index in [0.29, 0.717) is 23.2 Å². The highest BCUT2D eigenvalue weighted by molar-refractivity contribution is 5.58. The highest BCUT2D eigenvalue weighted by Gasteiger charge is 2.10. The molecule has 3 aromatic rings. The quantitative estimate of drug-likeness (QED) is 0.561. The van der Waals surface area contributed by atoms with Gasteiger partial charge in [-0.1, -0.05) is 12.1 Å². The highest BCUT2D eigenvalue weighted by atomic mass is 19.1. The van der Waals surface area contributed by atoms with Gasteiger partial charge in [0.2, 0.25) is 0 Å². The van der Waals surface area contributed by atoms with Gasteiger partial charge in [-0.05, 0) is 24.6 Å². The van der Waals surface area contributed by atoms with Crippen molar-refractivity contribution in [3.8, 4) is 5.75 Å². The van der Waals surface area contributed by atoms with Crippen molar-refractivity contribution in [2.75, 3.05) is 23.8 Å². The molecule has 2 heterocycles. The fraction of sp³-hybridized carbons (Fsp3) is 0.211. The van der Waals surface area contributed by atoms with Crippen LogP contribution in [-0.2, 0) is 0 Å². The molecule has 0 bridgehead atoms. The molecule has 8 heteroatoms. The van der Waals surface area contributed by atoms with E-state index in [4.69, 9.17) is 9.84 Å². The van der Waals surface area contributed by atoms with E-state index in [-0.39, 0.29) is 25.1 Å². The molecule has 0 aliphatic rings. The molecule has 1 unspecified atom stereocenters. The van der Waals surface area contributed by atoms with Crippen LogP contribution in [0, 0.1) is 5.82 Å². The lowest BCUT2D eigenvalue weighted by Gasteiger charge is -2.17. The SMILES string of the molecule is CC(Nc1cc(OCCO)cc(Nc2cnccn2)n1)c1ccc(F)cc1. The lowest BCUT2D eigenvalue weighted by atomic mass is 10.1. The molecular formula is C19H20FN5O2. The molecular weight excluding hydrogens is 349 g/mol. The highest BCUT2D eigenvalue weighted by Crippen LogP contribution is 2.26. The summed E-state index contributed by atoms with van der Waals surface area (Å²) >= 11 is 0. The van der Waals surface area contributed by atoms with Crippen LogP contribution in [-0.4, -0.2) is 33.3 Å². The number of aromatic nitrogens is 3. The minimum atomic E-state index is -0.279. The Kier molecular flexibility index (Phi) is 6.11. The van der Waals surface area contributed by atoms with Gasteiger partial charge in [0.05, 0.1) is 12.8 Å². The summed E-state index contributed by atoms with van der Waals surface area (Å²) in [6.45, 7) is 2.03. The Hall–Kier alpha value is -3.26. The van der Waals surface area contributed by atoms with Crippen molar-refractivity contribution in [1.82, 2.24) is 15.0 Å². The summed E-state index contributed by atoms with van der Waals surface area (Å²) < 4.78 is 18.6. The van der Waals surface area contributed by atoms with Crippen LogP contribution in [0.15, 0.2) is 55.0 Å². The average Bonchev–Trinajstić information content (AvgIpc) is 2.67. The first-order valence-electron chi connectivity index (χ1n) is 8.45. The van der Waals surface area contributed by atoms with Crippen molar-refractivity contribution >= 4 is 17.5 Å². The topological polar surface area (TPSA) is 92.2 Å². The molecule has 0 radical (unpaired) electrons. The fourth-order valence-corrected chi connectivity index (χ4v) is 2.44. The first kappa shape index (κ1) is 18.5. The predicted molar refractivity (Wildman–Crippen MR) is 101 cm³/mol. The minimum absolute atomic E-state index is 0.0933. The predicted octanol–water partition coefficient (Wildman–Crippen LogP) is 3.30. The van der Waals surface area contributed by atoms with Gasteiger partial charge in [-0.15, -0.1) is 0 Å². The summed E-state index contributed by atoms with van der Waals surface area (Å²) in [5.41, 5.74) is 0.920. The van der Waals surface area contributed by atoms with E-state index in [0.717, 1.165) is 5.56 Å². The van der Waals surface area contributed by atoms with Crippen molar-refractivity contribution in [3.63, 3.8) is 0 Å². The second-order valence-corrected chi connectivity index (χ2v) is 5.78. The zero-order chi connectivity index (χ0) is 19.1. The van der Waals surface area contributed by atoms with Gasteiger partial charge in [0.25, 0.3) is 0 Å². The number of hydrogen-bond donors (Lipinski definition) is 3. The standard InChI is InChI=1S/C19H20FN5O2/c1-13(14-2-4-15(20)5-3-14)23-17-10-16(27-9-8-26)11-18(24-17)25-19-12-21-6-7-22-19/h2-7,10-13,26H,8-9H2,1H3,(H2,22,23,24,25). The van der Waals surface area contributed by atoms with Crippen LogP contribution in [0.5, 0.6) is 5.75 Å². The molecule has 7 nitrogen and oxygen atoms in total. The van der Waals surface area contributed by atoms with Crippen LogP contribution in [0.1, 0.15) is 18.5 Å². The van der Waals surface area contributed by atoms with Gasteiger partial charge in [-0.2, -0.15) is 0 Å². The van der Waals surface area contributed by atoms with E-state index in [2.05, 4.69) is 25.6 Å². The van der Waals surface area contributed by atoms with Crippen LogP contribution in [0.4, 0.5) is 21.8 Å². The summed E-state index contributed by atoms with van der Waals surface area (Å²) in [6, 6.07) is 9.62. The Morgan fingerprint density at radius 3 is 2.59 bits per heavy atom. The zero-order valence-electron chi connectivity index (χ0n) is 14.8. The molecule has 1 aromatic carbocycles. The lowest BCUT2D eigenvalue weighted by molar-refractivity contribution is 0.201. The maximum absolute atomic E-state index is 13.1. The van der Waals surface area contributed by atoms with E-state index >= 15 is 0 Å². The van der Waals surface area contributed by atoms with Gasteiger partial charge in [-0.3, -0.25) is 4.98 Å². The molecule has 0 amide bonds. The number of ether oxygens (including phenoxy) is 1. The molecule has 27 heavy (non-hydrogen) atoms. The molecule has 0 fully saturated rings. The van der Waals surface area contributed by atoms with Crippen molar-refractivity contribution in [2.24, 2.45) is 0 Å². The number of nitrogens with zero attached hydrogens (tertiary/aromatic N) is 3. The molecule has 140 valence electrons. The second-order valence-electron chi connectivity index (χ2n) is 5.78. The second kappa shape index (κ2) is 8.91. The average molecular weight is 369 g/mol. The minimum Gasteiger partial charge on any atom is -0.491 e. The normalized spacial score (nSPS) is 11.7. The third kappa shape index (κ3) is 5.35. The van der Waals surface area contributed by atoms with Crippen molar-refractivity contribution in [3.05, 3.63) is 66.4 Å². The van der Waals surface area contributed by atoms with Gasteiger partial charge in [0, 0.05) is 30.6 Å². The van der Waals surface area contributed by atoms with E-state index in [1.54, 1.807) is 42.9 Å². The number of anilines is 3. The maximum atomic E-state index is 13.1. The first-order chi connectivity index (χ1) is 13.1. The Balaban J connectivity index is 1.81. The van der Waals surface area contributed by atoms with Crippen molar-refractivity contribution in [2.45, 2.75) is 13.0 Å². The molecule has 0 saturated carbocycles. The number of aliphatic hydroxyl groups excluding tert-OH is 1. The number of hydrogen-bond acceptors (Lipinski definition) is 7. The molecule has 0 aliphatic carbocycles. The van der Waals surface area contributed by atoms with Crippen LogP contribution in [0.2, 0.25) is 0 Å². The number of benzene rings is 1. The molecule has 0 saturated heterocycles. The number of rotatable bonds is 8. The number of pyridine rings is 1. The summed E-state index contributed by atoms with van der Waals surface area (Å²) in [5, 5.41) is 15.3. The van der Waals surface area contributed by atoms with Crippen LogP contribution in [0.3, 0.4) is 0 Å². The van der Waals surface area contributed by atoms with Gasteiger partial charge >= 0.3 is 0 Å². The lowest BCUT2D eigenvalue weighted by Crippen LogP contribution is -2.10. The van der Waals surface area contributed by atoms with E-state index in [1.165, 1.54) is 12.1 Å². The smallest absolute Gasteiger partial charge is 0.150 e. The number of nitrogens with one attached hydrogen (secondary N) is 2. The molecule has 0 aliphatic heterocycles. The monoisotopic (exact) mass is 369 g/mol. The Labute approximate surface area is 156 Å². The molecule has 3 rings (SSSR count). The van der Waals surface area contributed by atoms with Crippen LogP contribution < -0.4 is 15.4 Å². The first-order valence-corrected chi connectivity index (χ1v) is 8.45. The van der Waals surface area contributed by atoms with E-state index in [9.17, 15) is 4.39 Å². The van der Waals surface area contributed by atoms with Gasteiger partial charge in [0.15, 0.2) is 0 Å². The molecule has 1 atom stereocenters. The largest absolute Gasteiger partial charge is 0.491 e.